The lowest BCUT2D eigenvalue weighted by Gasteiger charge is -2.15. The summed E-state index contributed by atoms with van der Waals surface area (Å²) < 4.78 is 10.5. The first kappa shape index (κ1) is 14.8. The van der Waals surface area contributed by atoms with Gasteiger partial charge in [0.25, 0.3) is 0 Å². The van der Waals surface area contributed by atoms with Crippen LogP contribution in [0.25, 0.3) is 0 Å². The summed E-state index contributed by atoms with van der Waals surface area (Å²) in [5, 5.41) is 12.4. The molecule has 0 heterocycles. The molecule has 0 saturated carbocycles. The minimum Gasteiger partial charge on any atom is -0.495 e. The van der Waals surface area contributed by atoms with Crippen LogP contribution >= 0.6 is 11.6 Å². The van der Waals surface area contributed by atoms with E-state index < -0.39 is 0 Å². The van der Waals surface area contributed by atoms with E-state index in [4.69, 9.17) is 32.1 Å². The Morgan fingerprint density at radius 1 is 1.10 bits per heavy atom. The molecule has 0 aliphatic heterocycles. The molecule has 0 radical (unpaired) electrons. The second kappa shape index (κ2) is 6.25. The number of nitrogen functional groups attached to an aromatic ring is 1. The van der Waals surface area contributed by atoms with Crippen molar-refractivity contribution in [1.29, 1.82) is 5.26 Å². The number of nitriles is 1. The van der Waals surface area contributed by atoms with Gasteiger partial charge >= 0.3 is 0 Å². The molecule has 2 aromatic rings. The molecule has 0 atom stereocenters. The molecule has 5 nitrogen and oxygen atoms in total. The maximum absolute atomic E-state index is 8.85. The molecule has 6 heteroatoms. The third kappa shape index (κ3) is 3.12. The molecule has 0 spiro atoms. The average molecular weight is 304 g/mol. The van der Waals surface area contributed by atoms with E-state index in [0.717, 1.165) is 0 Å². The van der Waals surface area contributed by atoms with E-state index in [0.29, 0.717) is 39.1 Å². The van der Waals surface area contributed by atoms with Crippen molar-refractivity contribution in [2.24, 2.45) is 0 Å². The molecule has 0 bridgehead atoms. The van der Waals surface area contributed by atoms with E-state index in [1.165, 1.54) is 7.11 Å². The van der Waals surface area contributed by atoms with Crippen molar-refractivity contribution < 1.29 is 9.47 Å². The van der Waals surface area contributed by atoms with Gasteiger partial charge in [-0.05, 0) is 18.2 Å². The van der Waals surface area contributed by atoms with Gasteiger partial charge in [0.05, 0.1) is 47.9 Å². The van der Waals surface area contributed by atoms with Gasteiger partial charge < -0.3 is 20.5 Å². The molecule has 3 N–H and O–H groups in total. The van der Waals surface area contributed by atoms with Gasteiger partial charge in [0.2, 0.25) is 0 Å². The van der Waals surface area contributed by atoms with Crippen molar-refractivity contribution in [3.05, 3.63) is 40.9 Å². The fraction of sp³-hybridized carbons (Fsp3) is 0.133. The van der Waals surface area contributed by atoms with Gasteiger partial charge in [0.15, 0.2) is 0 Å². The SMILES string of the molecule is COc1cc(Nc2ccc(C#N)cc2N)c(OC)cc1Cl. The smallest absolute Gasteiger partial charge is 0.144 e. The summed E-state index contributed by atoms with van der Waals surface area (Å²) in [7, 11) is 3.08. The molecule has 21 heavy (non-hydrogen) atoms. The normalized spacial score (nSPS) is 9.81. The number of halogens is 1. The van der Waals surface area contributed by atoms with Crippen molar-refractivity contribution in [3.8, 4) is 17.6 Å². The van der Waals surface area contributed by atoms with E-state index in [2.05, 4.69) is 5.32 Å². The Balaban J connectivity index is 2.41. The van der Waals surface area contributed by atoms with Gasteiger partial charge in [-0.1, -0.05) is 11.6 Å². The van der Waals surface area contributed by atoms with Crippen molar-refractivity contribution in [2.45, 2.75) is 0 Å². The van der Waals surface area contributed by atoms with Gasteiger partial charge in [-0.2, -0.15) is 5.26 Å². The summed E-state index contributed by atoms with van der Waals surface area (Å²) in [4.78, 5) is 0. The standard InChI is InChI=1S/C15H14ClN3O2/c1-20-14-7-13(15(21-2)6-10(14)16)19-12-4-3-9(8-17)5-11(12)18/h3-7,19H,18H2,1-2H3. The largest absolute Gasteiger partial charge is 0.495 e. The van der Waals surface area contributed by atoms with Gasteiger partial charge in [0, 0.05) is 12.1 Å². The zero-order chi connectivity index (χ0) is 15.4. The number of nitrogens with zero attached hydrogens (tertiary/aromatic N) is 1. The van der Waals surface area contributed by atoms with Crippen molar-refractivity contribution in [1.82, 2.24) is 0 Å². The number of anilines is 3. The van der Waals surface area contributed by atoms with Crippen LogP contribution in [0.15, 0.2) is 30.3 Å². The predicted octanol–water partition coefficient (Wildman–Crippen LogP) is 3.55. The van der Waals surface area contributed by atoms with Crippen LogP contribution in [0.1, 0.15) is 5.56 Å². The zero-order valence-corrected chi connectivity index (χ0v) is 12.4. The molecule has 108 valence electrons. The predicted molar refractivity (Wildman–Crippen MR) is 83.4 cm³/mol. The molecule has 0 saturated heterocycles. The number of nitrogens with two attached hydrogens (primary N) is 1. The summed E-state index contributed by atoms with van der Waals surface area (Å²) in [6.45, 7) is 0. The van der Waals surface area contributed by atoms with Gasteiger partial charge in [-0.3, -0.25) is 0 Å². The molecule has 0 aromatic heterocycles. The fourth-order valence-corrected chi connectivity index (χ4v) is 2.08. The van der Waals surface area contributed by atoms with Crippen molar-refractivity contribution in [2.75, 3.05) is 25.3 Å². The zero-order valence-electron chi connectivity index (χ0n) is 11.6. The molecule has 2 aromatic carbocycles. The van der Waals surface area contributed by atoms with Crippen LogP contribution in [0.3, 0.4) is 0 Å². The first-order valence-electron chi connectivity index (χ1n) is 6.07. The molecule has 0 fully saturated rings. The van der Waals surface area contributed by atoms with E-state index in [-0.39, 0.29) is 0 Å². The lowest BCUT2D eigenvalue weighted by atomic mass is 10.1. The first-order valence-corrected chi connectivity index (χ1v) is 6.45. The number of ether oxygens (including phenoxy) is 2. The number of hydrogen-bond acceptors (Lipinski definition) is 5. The maximum atomic E-state index is 8.85. The number of rotatable bonds is 4. The molecule has 0 unspecified atom stereocenters. The summed E-state index contributed by atoms with van der Waals surface area (Å²) >= 11 is 6.06. The highest BCUT2D eigenvalue weighted by Gasteiger charge is 2.11. The van der Waals surface area contributed by atoms with E-state index in [9.17, 15) is 0 Å². The Bertz CT molecular complexity index is 711. The molecular formula is C15H14ClN3O2. The van der Waals surface area contributed by atoms with E-state index in [1.54, 1.807) is 37.4 Å². The summed E-state index contributed by atoms with van der Waals surface area (Å²) in [5.74, 6) is 1.08. The minimum atomic E-state index is 0.452. The number of methoxy groups -OCH3 is 2. The van der Waals surface area contributed by atoms with Gasteiger partial charge in [0.1, 0.15) is 11.5 Å². The highest BCUT2D eigenvalue weighted by molar-refractivity contribution is 6.32. The number of benzene rings is 2. The summed E-state index contributed by atoms with van der Waals surface area (Å²) in [6.07, 6.45) is 0. The Kier molecular flexibility index (Phi) is 4.41. The quantitative estimate of drug-likeness (QED) is 0.844. The van der Waals surface area contributed by atoms with Crippen LogP contribution in [0.2, 0.25) is 5.02 Å². The molecule has 2 rings (SSSR count). The third-order valence-corrected chi connectivity index (χ3v) is 3.22. The molecular weight excluding hydrogens is 290 g/mol. The average Bonchev–Trinajstić information content (AvgIpc) is 2.50. The van der Waals surface area contributed by atoms with E-state index >= 15 is 0 Å². The van der Waals surface area contributed by atoms with Crippen LogP contribution in [0, 0.1) is 11.3 Å². The second-order valence-corrected chi connectivity index (χ2v) is 4.63. The van der Waals surface area contributed by atoms with Crippen molar-refractivity contribution >= 4 is 28.7 Å². The Labute approximate surface area is 127 Å². The number of hydrogen-bond donors (Lipinski definition) is 2. The Morgan fingerprint density at radius 3 is 2.38 bits per heavy atom. The van der Waals surface area contributed by atoms with Crippen LogP contribution in [-0.4, -0.2) is 14.2 Å². The maximum Gasteiger partial charge on any atom is 0.144 e. The van der Waals surface area contributed by atoms with Gasteiger partial charge in [-0.25, -0.2) is 0 Å². The minimum absolute atomic E-state index is 0.452. The molecule has 0 aliphatic rings. The fourth-order valence-electron chi connectivity index (χ4n) is 1.85. The monoisotopic (exact) mass is 303 g/mol. The summed E-state index contributed by atoms with van der Waals surface area (Å²) in [5.41, 5.74) is 8.21. The highest BCUT2D eigenvalue weighted by atomic mass is 35.5. The van der Waals surface area contributed by atoms with Gasteiger partial charge in [-0.15, -0.1) is 0 Å². The highest BCUT2D eigenvalue weighted by Crippen LogP contribution is 2.38. The second-order valence-electron chi connectivity index (χ2n) is 4.23. The van der Waals surface area contributed by atoms with E-state index in [1.807, 2.05) is 6.07 Å². The van der Waals surface area contributed by atoms with Crippen LogP contribution in [0.5, 0.6) is 11.5 Å². The number of nitrogens with one attached hydrogen (secondary N) is 1. The lowest BCUT2D eigenvalue weighted by Crippen LogP contribution is -2.00. The topological polar surface area (TPSA) is 80.3 Å². The molecule has 0 amide bonds. The van der Waals surface area contributed by atoms with Crippen LogP contribution < -0.4 is 20.5 Å². The van der Waals surface area contributed by atoms with Crippen LogP contribution in [0.4, 0.5) is 17.1 Å². The third-order valence-electron chi connectivity index (χ3n) is 2.92. The van der Waals surface area contributed by atoms with Crippen LogP contribution in [-0.2, 0) is 0 Å². The Morgan fingerprint density at radius 2 is 1.81 bits per heavy atom. The first-order chi connectivity index (χ1) is 10.1. The summed E-state index contributed by atoms with van der Waals surface area (Å²) in [6, 6.07) is 10.4. The lowest BCUT2D eigenvalue weighted by molar-refractivity contribution is 0.405. The van der Waals surface area contributed by atoms with Crippen molar-refractivity contribution in [3.63, 3.8) is 0 Å². The molecule has 0 aliphatic carbocycles. The Hall–Kier alpha value is -2.58.